The molecule has 0 spiro atoms. The largest absolute Gasteiger partial charge is 0.304 e. The molecular weight excluding hydrogens is 289 g/mol. The summed E-state index contributed by atoms with van der Waals surface area (Å²) in [7, 11) is 2.22. The quantitative estimate of drug-likeness (QED) is 0.554. The molecule has 82 valence electrons. The topological polar surface area (TPSA) is 9.72 Å². The molecule has 0 aromatic carbocycles. The van der Waals surface area contributed by atoms with Crippen LogP contribution in [0.1, 0.15) is 6.42 Å². The smallest absolute Gasteiger partial charge is 0.0201 e. The number of nitrogens with zero attached hydrogens (tertiary/aromatic N) is 3. The molecule has 0 radical (unpaired) electrons. The van der Waals surface area contributed by atoms with Gasteiger partial charge in [0.15, 0.2) is 0 Å². The second-order valence-electron chi connectivity index (χ2n) is 4.63. The van der Waals surface area contributed by atoms with Crippen molar-refractivity contribution in [2.24, 2.45) is 5.92 Å². The number of piperazine rings is 1. The van der Waals surface area contributed by atoms with Crippen molar-refractivity contribution < 1.29 is 0 Å². The highest BCUT2D eigenvalue weighted by molar-refractivity contribution is 14.1. The summed E-state index contributed by atoms with van der Waals surface area (Å²) >= 11 is 2.45. The van der Waals surface area contributed by atoms with Crippen LogP contribution in [0.4, 0.5) is 0 Å². The van der Waals surface area contributed by atoms with Crippen LogP contribution in [-0.4, -0.2) is 65.8 Å². The maximum atomic E-state index is 2.64. The Morgan fingerprint density at radius 3 is 2.43 bits per heavy atom. The van der Waals surface area contributed by atoms with Crippen LogP contribution in [0.2, 0.25) is 0 Å². The van der Waals surface area contributed by atoms with Gasteiger partial charge in [-0.1, -0.05) is 0 Å². The number of likely N-dealkylation sites (N-methyl/N-ethyl adjacent to an activating group) is 1. The number of hydrogen-bond acceptors (Lipinski definition) is 3. The van der Waals surface area contributed by atoms with E-state index in [2.05, 4.69) is 42.8 Å². The average molecular weight is 309 g/mol. The molecule has 0 amide bonds. The fourth-order valence-corrected chi connectivity index (χ4v) is 3.17. The maximum Gasteiger partial charge on any atom is 0.0201 e. The summed E-state index contributed by atoms with van der Waals surface area (Å²) in [5.41, 5.74) is 0. The first-order valence-corrected chi connectivity index (χ1v) is 6.52. The molecule has 0 N–H and O–H groups in total. The van der Waals surface area contributed by atoms with Crippen LogP contribution in [0.15, 0.2) is 0 Å². The van der Waals surface area contributed by atoms with Gasteiger partial charge in [-0.2, -0.15) is 0 Å². The van der Waals surface area contributed by atoms with E-state index in [1.165, 1.54) is 52.2 Å². The van der Waals surface area contributed by atoms with Crippen molar-refractivity contribution in [1.29, 1.82) is 0 Å². The molecule has 0 saturated carbocycles. The van der Waals surface area contributed by atoms with Gasteiger partial charge < -0.3 is 9.80 Å². The monoisotopic (exact) mass is 309 g/mol. The third kappa shape index (κ3) is 3.05. The standard InChI is InChI=1S/C10H20IN3/c1-12-4-6-13(7-5-12)8-10-2-3-14(11)9-10/h10H,2-9H2,1H3/t10-/m1/s1. The van der Waals surface area contributed by atoms with Crippen LogP contribution in [0, 0.1) is 5.92 Å². The third-order valence-electron chi connectivity index (χ3n) is 3.35. The summed E-state index contributed by atoms with van der Waals surface area (Å²) in [6.45, 7) is 8.96. The Labute approximate surface area is 101 Å². The molecule has 2 aliphatic rings. The van der Waals surface area contributed by atoms with Gasteiger partial charge >= 0.3 is 0 Å². The van der Waals surface area contributed by atoms with Crippen molar-refractivity contribution in [2.75, 3.05) is 52.9 Å². The molecule has 1 atom stereocenters. The lowest BCUT2D eigenvalue weighted by molar-refractivity contribution is 0.138. The Bertz CT molecular complexity index is 180. The number of hydrogen-bond donors (Lipinski definition) is 0. The van der Waals surface area contributed by atoms with Crippen LogP contribution in [-0.2, 0) is 0 Å². The molecule has 14 heavy (non-hydrogen) atoms. The van der Waals surface area contributed by atoms with Crippen LogP contribution in [0.3, 0.4) is 0 Å². The van der Waals surface area contributed by atoms with Gasteiger partial charge in [-0.15, -0.1) is 0 Å². The minimum atomic E-state index is 0.926. The zero-order chi connectivity index (χ0) is 9.97. The molecule has 2 saturated heterocycles. The summed E-state index contributed by atoms with van der Waals surface area (Å²) in [6.07, 6.45) is 1.40. The van der Waals surface area contributed by atoms with Crippen molar-refractivity contribution in [1.82, 2.24) is 12.9 Å². The zero-order valence-corrected chi connectivity index (χ0v) is 11.1. The molecule has 2 fully saturated rings. The van der Waals surface area contributed by atoms with Crippen molar-refractivity contribution in [3.05, 3.63) is 0 Å². The molecule has 0 aromatic rings. The summed E-state index contributed by atoms with van der Waals surface area (Å²) in [5, 5.41) is 0. The van der Waals surface area contributed by atoms with E-state index >= 15 is 0 Å². The molecule has 3 nitrogen and oxygen atoms in total. The van der Waals surface area contributed by atoms with Crippen LogP contribution >= 0.6 is 22.9 Å². The Hall–Kier alpha value is 0.610. The highest BCUT2D eigenvalue weighted by Gasteiger charge is 2.24. The van der Waals surface area contributed by atoms with Gasteiger partial charge in [0.05, 0.1) is 0 Å². The summed E-state index contributed by atoms with van der Waals surface area (Å²) in [5.74, 6) is 0.926. The predicted molar refractivity (Wildman–Crippen MR) is 67.6 cm³/mol. The lowest BCUT2D eigenvalue weighted by Gasteiger charge is -2.33. The Morgan fingerprint density at radius 1 is 1.14 bits per heavy atom. The number of rotatable bonds is 2. The second kappa shape index (κ2) is 5.09. The summed E-state index contributed by atoms with van der Waals surface area (Å²) in [4.78, 5) is 5.07. The lowest BCUT2D eigenvalue weighted by atomic mass is 10.1. The lowest BCUT2D eigenvalue weighted by Crippen LogP contribution is -2.46. The first-order valence-electron chi connectivity index (χ1n) is 5.55. The second-order valence-corrected chi connectivity index (χ2v) is 5.99. The van der Waals surface area contributed by atoms with Crippen molar-refractivity contribution in [3.8, 4) is 0 Å². The van der Waals surface area contributed by atoms with E-state index in [4.69, 9.17) is 0 Å². The van der Waals surface area contributed by atoms with E-state index in [9.17, 15) is 0 Å². The number of halogens is 1. The highest BCUT2D eigenvalue weighted by Crippen LogP contribution is 2.20. The first kappa shape index (κ1) is 11.1. The molecule has 0 aliphatic carbocycles. The fourth-order valence-electron chi connectivity index (χ4n) is 2.33. The van der Waals surface area contributed by atoms with E-state index < -0.39 is 0 Å². The highest BCUT2D eigenvalue weighted by atomic mass is 127. The minimum absolute atomic E-state index is 0.926. The Kier molecular flexibility index (Phi) is 4.04. The van der Waals surface area contributed by atoms with Crippen LogP contribution in [0.5, 0.6) is 0 Å². The van der Waals surface area contributed by atoms with Crippen LogP contribution < -0.4 is 0 Å². The normalized spacial score (nSPS) is 32.6. The molecular formula is C10H20IN3. The van der Waals surface area contributed by atoms with Gasteiger partial charge in [-0.25, -0.2) is 3.11 Å². The van der Waals surface area contributed by atoms with E-state index in [1.54, 1.807) is 0 Å². The molecule has 0 bridgehead atoms. The summed E-state index contributed by atoms with van der Waals surface area (Å²) < 4.78 is 2.43. The fraction of sp³-hybridized carbons (Fsp3) is 1.00. The van der Waals surface area contributed by atoms with Crippen molar-refractivity contribution in [2.45, 2.75) is 6.42 Å². The third-order valence-corrected chi connectivity index (χ3v) is 4.22. The van der Waals surface area contributed by atoms with E-state index in [0.717, 1.165) is 5.92 Å². The van der Waals surface area contributed by atoms with E-state index in [0.29, 0.717) is 0 Å². The van der Waals surface area contributed by atoms with E-state index in [-0.39, 0.29) is 0 Å². The van der Waals surface area contributed by atoms with Gasteiger partial charge in [0, 0.05) is 68.7 Å². The molecule has 2 rings (SSSR count). The van der Waals surface area contributed by atoms with Gasteiger partial charge in [0.2, 0.25) is 0 Å². The molecule has 2 aliphatic heterocycles. The Balaban J connectivity index is 1.70. The predicted octanol–water partition coefficient (Wildman–Crippen LogP) is 0.906. The SMILES string of the molecule is CN1CCN(C[C@H]2CCN(I)C2)CC1. The molecule has 2 heterocycles. The van der Waals surface area contributed by atoms with E-state index in [1.807, 2.05) is 0 Å². The zero-order valence-electron chi connectivity index (χ0n) is 8.95. The Morgan fingerprint density at radius 2 is 1.86 bits per heavy atom. The van der Waals surface area contributed by atoms with Gasteiger partial charge in [-0.05, 0) is 19.4 Å². The van der Waals surface area contributed by atoms with Gasteiger partial charge in [0.1, 0.15) is 0 Å². The van der Waals surface area contributed by atoms with Crippen LogP contribution in [0.25, 0.3) is 0 Å². The van der Waals surface area contributed by atoms with Crippen molar-refractivity contribution in [3.63, 3.8) is 0 Å². The van der Waals surface area contributed by atoms with Crippen molar-refractivity contribution >= 4 is 22.9 Å². The summed E-state index contributed by atoms with van der Waals surface area (Å²) in [6, 6.07) is 0. The molecule has 0 aromatic heterocycles. The molecule has 4 heteroatoms. The maximum absolute atomic E-state index is 2.64. The molecule has 0 unspecified atom stereocenters. The van der Waals surface area contributed by atoms with Gasteiger partial charge in [-0.3, -0.25) is 0 Å². The minimum Gasteiger partial charge on any atom is -0.304 e. The average Bonchev–Trinajstić information content (AvgIpc) is 2.56. The van der Waals surface area contributed by atoms with Gasteiger partial charge in [0.25, 0.3) is 0 Å². The first-order chi connectivity index (χ1) is 6.74.